The molecule has 2 rings (SSSR count). The molecule has 4 heteroatoms. The zero-order chi connectivity index (χ0) is 13.1. The average molecular weight is 353 g/mol. The number of benzene rings is 2. The molecule has 0 unspecified atom stereocenters. The van der Waals surface area contributed by atoms with Crippen LogP contribution in [-0.4, -0.2) is 11.1 Å². The Bertz CT molecular complexity index is 596. The van der Waals surface area contributed by atoms with Gasteiger partial charge in [0.25, 0.3) is 0 Å². The standard InChI is InChI=1S/C14H12INO2/c1-9-6-7-10(8-12(9)15)16-13-5-3-2-4-11(13)14(17)18/h2-8,16H,1H3,(H,17,18). The molecule has 0 fully saturated rings. The van der Waals surface area contributed by atoms with Crippen molar-refractivity contribution in [2.24, 2.45) is 0 Å². The maximum Gasteiger partial charge on any atom is 0.337 e. The number of nitrogens with one attached hydrogen (secondary N) is 1. The van der Waals surface area contributed by atoms with Crippen molar-refractivity contribution in [3.63, 3.8) is 0 Å². The molecule has 0 saturated heterocycles. The predicted octanol–water partition coefficient (Wildman–Crippen LogP) is 4.04. The number of hydrogen-bond donors (Lipinski definition) is 2. The number of rotatable bonds is 3. The largest absolute Gasteiger partial charge is 0.478 e. The minimum Gasteiger partial charge on any atom is -0.478 e. The van der Waals surface area contributed by atoms with Gasteiger partial charge in [-0.15, -0.1) is 0 Å². The van der Waals surface area contributed by atoms with Crippen LogP contribution in [0.1, 0.15) is 15.9 Å². The van der Waals surface area contributed by atoms with E-state index in [4.69, 9.17) is 5.11 Å². The number of carboxylic acid groups (broad SMARTS) is 1. The van der Waals surface area contributed by atoms with Crippen LogP contribution in [0.5, 0.6) is 0 Å². The van der Waals surface area contributed by atoms with E-state index in [9.17, 15) is 4.79 Å². The van der Waals surface area contributed by atoms with Crippen molar-refractivity contribution < 1.29 is 9.90 Å². The number of carboxylic acids is 1. The highest BCUT2D eigenvalue weighted by atomic mass is 127. The lowest BCUT2D eigenvalue weighted by atomic mass is 10.1. The summed E-state index contributed by atoms with van der Waals surface area (Å²) in [6.45, 7) is 2.04. The molecule has 2 aromatic rings. The van der Waals surface area contributed by atoms with Crippen LogP contribution < -0.4 is 5.32 Å². The molecule has 0 amide bonds. The van der Waals surface area contributed by atoms with Crippen molar-refractivity contribution in [1.82, 2.24) is 0 Å². The van der Waals surface area contributed by atoms with Crippen molar-refractivity contribution >= 4 is 39.9 Å². The van der Waals surface area contributed by atoms with Gasteiger partial charge in [0.15, 0.2) is 0 Å². The molecule has 0 aliphatic heterocycles. The number of carbonyl (C=O) groups is 1. The van der Waals surface area contributed by atoms with E-state index in [0.717, 1.165) is 9.26 Å². The third-order valence-electron chi connectivity index (χ3n) is 2.61. The van der Waals surface area contributed by atoms with Crippen LogP contribution in [0.25, 0.3) is 0 Å². The molecule has 92 valence electrons. The average Bonchev–Trinajstić information content (AvgIpc) is 2.34. The summed E-state index contributed by atoms with van der Waals surface area (Å²) in [4.78, 5) is 11.1. The third kappa shape index (κ3) is 2.81. The molecule has 3 nitrogen and oxygen atoms in total. The van der Waals surface area contributed by atoms with E-state index in [1.165, 1.54) is 5.56 Å². The molecule has 0 heterocycles. The van der Waals surface area contributed by atoms with Gasteiger partial charge in [0.1, 0.15) is 0 Å². The summed E-state index contributed by atoms with van der Waals surface area (Å²) >= 11 is 2.26. The van der Waals surface area contributed by atoms with Crippen LogP contribution in [0.3, 0.4) is 0 Å². The fourth-order valence-corrected chi connectivity index (χ4v) is 2.12. The predicted molar refractivity (Wildman–Crippen MR) is 80.6 cm³/mol. The maximum absolute atomic E-state index is 11.1. The molecular weight excluding hydrogens is 341 g/mol. The number of aryl methyl sites for hydroxylation is 1. The Hall–Kier alpha value is -1.56. The van der Waals surface area contributed by atoms with Crippen molar-refractivity contribution in [1.29, 1.82) is 0 Å². The molecular formula is C14H12INO2. The Labute approximate surface area is 119 Å². The van der Waals surface area contributed by atoms with E-state index in [1.807, 2.05) is 31.2 Å². The van der Waals surface area contributed by atoms with E-state index >= 15 is 0 Å². The first-order chi connectivity index (χ1) is 8.58. The molecule has 0 aromatic heterocycles. The van der Waals surface area contributed by atoms with Gasteiger partial charge < -0.3 is 10.4 Å². The van der Waals surface area contributed by atoms with Gasteiger partial charge in [0.2, 0.25) is 0 Å². The highest BCUT2D eigenvalue weighted by molar-refractivity contribution is 14.1. The number of anilines is 2. The zero-order valence-electron chi connectivity index (χ0n) is 9.77. The summed E-state index contributed by atoms with van der Waals surface area (Å²) in [5.74, 6) is -0.931. The van der Waals surface area contributed by atoms with Crippen molar-refractivity contribution in [2.45, 2.75) is 6.92 Å². The van der Waals surface area contributed by atoms with E-state index in [1.54, 1.807) is 18.2 Å². The number of aromatic carboxylic acids is 1. The van der Waals surface area contributed by atoms with Crippen molar-refractivity contribution in [3.05, 3.63) is 57.2 Å². The Morgan fingerprint density at radius 2 is 1.94 bits per heavy atom. The minimum atomic E-state index is -0.931. The number of para-hydroxylation sites is 1. The van der Waals surface area contributed by atoms with Crippen molar-refractivity contribution in [2.75, 3.05) is 5.32 Å². The fraction of sp³-hybridized carbons (Fsp3) is 0.0714. The fourth-order valence-electron chi connectivity index (χ4n) is 1.60. The maximum atomic E-state index is 11.1. The van der Waals surface area contributed by atoms with Gasteiger partial charge in [0, 0.05) is 9.26 Å². The Balaban J connectivity index is 2.34. The molecule has 0 atom stereocenters. The SMILES string of the molecule is Cc1ccc(Nc2ccccc2C(=O)O)cc1I. The van der Waals surface area contributed by atoms with E-state index in [0.29, 0.717) is 5.69 Å². The highest BCUT2D eigenvalue weighted by Crippen LogP contribution is 2.23. The first kappa shape index (κ1) is 12.9. The molecule has 0 saturated carbocycles. The number of halogens is 1. The van der Waals surface area contributed by atoms with E-state index < -0.39 is 5.97 Å². The molecule has 0 aliphatic rings. The monoisotopic (exact) mass is 353 g/mol. The zero-order valence-corrected chi connectivity index (χ0v) is 11.9. The molecule has 2 aromatic carbocycles. The van der Waals surface area contributed by atoms with Crippen LogP contribution in [0, 0.1) is 10.5 Å². The Morgan fingerprint density at radius 3 is 2.61 bits per heavy atom. The Kier molecular flexibility index (Phi) is 3.86. The second kappa shape index (κ2) is 5.39. The topological polar surface area (TPSA) is 49.3 Å². The van der Waals surface area contributed by atoms with Crippen LogP contribution in [0.15, 0.2) is 42.5 Å². The van der Waals surface area contributed by atoms with Gasteiger partial charge in [-0.05, 0) is 59.3 Å². The summed E-state index contributed by atoms with van der Waals surface area (Å²) in [5, 5.41) is 12.2. The van der Waals surface area contributed by atoms with Gasteiger partial charge in [0.05, 0.1) is 11.3 Å². The lowest BCUT2D eigenvalue weighted by Gasteiger charge is -2.10. The van der Waals surface area contributed by atoms with Gasteiger partial charge in [-0.25, -0.2) is 4.79 Å². The summed E-state index contributed by atoms with van der Waals surface area (Å²) in [7, 11) is 0. The van der Waals surface area contributed by atoms with Crippen LogP contribution in [0.4, 0.5) is 11.4 Å². The van der Waals surface area contributed by atoms with Crippen LogP contribution in [0.2, 0.25) is 0 Å². The van der Waals surface area contributed by atoms with Crippen LogP contribution >= 0.6 is 22.6 Å². The van der Waals surface area contributed by atoms with Gasteiger partial charge in [-0.1, -0.05) is 18.2 Å². The number of hydrogen-bond acceptors (Lipinski definition) is 2. The second-order valence-corrected chi connectivity index (χ2v) is 5.10. The van der Waals surface area contributed by atoms with E-state index in [-0.39, 0.29) is 5.56 Å². The summed E-state index contributed by atoms with van der Waals surface area (Å²) < 4.78 is 1.14. The normalized spacial score (nSPS) is 10.1. The quantitative estimate of drug-likeness (QED) is 0.819. The smallest absolute Gasteiger partial charge is 0.337 e. The van der Waals surface area contributed by atoms with Gasteiger partial charge in [-0.2, -0.15) is 0 Å². The minimum absolute atomic E-state index is 0.271. The molecule has 18 heavy (non-hydrogen) atoms. The first-order valence-corrected chi connectivity index (χ1v) is 6.51. The van der Waals surface area contributed by atoms with Crippen LogP contribution in [-0.2, 0) is 0 Å². The molecule has 0 bridgehead atoms. The third-order valence-corrected chi connectivity index (χ3v) is 3.77. The molecule has 2 N–H and O–H groups in total. The summed E-state index contributed by atoms with van der Waals surface area (Å²) in [5.41, 5.74) is 2.96. The van der Waals surface area contributed by atoms with Gasteiger partial charge in [-0.3, -0.25) is 0 Å². The Morgan fingerprint density at radius 1 is 1.22 bits per heavy atom. The second-order valence-electron chi connectivity index (χ2n) is 3.94. The van der Waals surface area contributed by atoms with Crippen molar-refractivity contribution in [3.8, 4) is 0 Å². The lowest BCUT2D eigenvalue weighted by molar-refractivity contribution is 0.0698. The lowest BCUT2D eigenvalue weighted by Crippen LogP contribution is -2.02. The van der Waals surface area contributed by atoms with Gasteiger partial charge >= 0.3 is 5.97 Å². The highest BCUT2D eigenvalue weighted by Gasteiger charge is 2.09. The summed E-state index contributed by atoms with van der Waals surface area (Å²) in [6.07, 6.45) is 0. The first-order valence-electron chi connectivity index (χ1n) is 5.43. The molecule has 0 spiro atoms. The van der Waals surface area contributed by atoms with E-state index in [2.05, 4.69) is 27.9 Å². The molecule has 0 aliphatic carbocycles. The molecule has 0 radical (unpaired) electrons. The summed E-state index contributed by atoms with van der Waals surface area (Å²) in [6, 6.07) is 12.8.